The van der Waals surface area contributed by atoms with E-state index in [1.807, 2.05) is 36.4 Å². The quantitative estimate of drug-likeness (QED) is 0.207. The minimum atomic E-state index is -2.74. The van der Waals surface area contributed by atoms with Crippen molar-refractivity contribution in [2.24, 2.45) is 0 Å². The van der Waals surface area contributed by atoms with E-state index in [-0.39, 0.29) is 0 Å². The molecule has 256 valence electrons. The Labute approximate surface area is 277 Å². The third kappa shape index (κ3) is 11.4. The van der Waals surface area contributed by atoms with Crippen LogP contribution in [0, 0.1) is 0 Å². The van der Waals surface area contributed by atoms with E-state index >= 15 is 0 Å². The molecule has 2 aliphatic rings. The first-order valence-electron chi connectivity index (χ1n) is 15.5. The highest BCUT2D eigenvalue weighted by Crippen LogP contribution is 2.27. The highest BCUT2D eigenvalue weighted by molar-refractivity contribution is 5.88. The second-order valence-corrected chi connectivity index (χ2v) is 11.3. The van der Waals surface area contributed by atoms with Crippen LogP contribution in [0.3, 0.4) is 0 Å². The number of ether oxygens (including phenoxy) is 3. The number of carboxylic acids is 3. The first kappa shape index (κ1) is 36.0. The third-order valence-electron chi connectivity index (χ3n) is 7.47. The Morgan fingerprint density at radius 1 is 0.917 bits per heavy atom. The summed E-state index contributed by atoms with van der Waals surface area (Å²) in [6.07, 6.45) is 6.04. The average molecular weight is 665 g/mol. The van der Waals surface area contributed by atoms with E-state index in [0.717, 1.165) is 40.4 Å². The van der Waals surface area contributed by atoms with Crippen LogP contribution in [0.1, 0.15) is 36.8 Å². The molecule has 14 heteroatoms. The van der Waals surface area contributed by atoms with Gasteiger partial charge in [-0.3, -0.25) is 14.5 Å². The molecule has 2 aromatic carbocycles. The van der Waals surface area contributed by atoms with Crippen molar-refractivity contribution in [2.75, 3.05) is 44.8 Å². The van der Waals surface area contributed by atoms with Crippen LogP contribution < -0.4 is 10.1 Å². The summed E-state index contributed by atoms with van der Waals surface area (Å²) in [5.74, 6) is -3.62. The molecule has 0 amide bonds. The number of aliphatic hydroxyl groups is 1. The molecule has 1 saturated heterocycles. The molecule has 3 aromatic rings. The van der Waals surface area contributed by atoms with Gasteiger partial charge in [-0.05, 0) is 61.8 Å². The number of fused-ring (bicyclic) bond motifs is 7. The van der Waals surface area contributed by atoms with Gasteiger partial charge < -0.3 is 40.0 Å². The number of benzene rings is 2. The maximum Gasteiger partial charge on any atom is 0.336 e. The lowest BCUT2D eigenvalue weighted by molar-refractivity contribution is -0.170. The molecule has 0 unspecified atom stereocenters. The van der Waals surface area contributed by atoms with Crippen molar-refractivity contribution < 1.29 is 49.0 Å². The van der Waals surface area contributed by atoms with Crippen molar-refractivity contribution >= 4 is 29.5 Å². The lowest BCUT2D eigenvalue weighted by Crippen LogP contribution is -2.42. The predicted octanol–water partition coefficient (Wildman–Crippen LogP) is 3.72. The van der Waals surface area contributed by atoms with Crippen molar-refractivity contribution in [1.29, 1.82) is 0 Å². The molecule has 0 saturated carbocycles. The van der Waals surface area contributed by atoms with Crippen molar-refractivity contribution in [3.63, 3.8) is 0 Å². The van der Waals surface area contributed by atoms with Crippen LogP contribution in [-0.4, -0.2) is 98.3 Å². The number of carboxylic acid groups (broad SMARTS) is 3. The summed E-state index contributed by atoms with van der Waals surface area (Å²) >= 11 is 0. The van der Waals surface area contributed by atoms with Crippen molar-refractivity contribution in [1.82, 2.24) is 14.9 Å². The summed E-state index contributed by atoms with van der Waals surface area (Å²) < 4.78 is 17.9. The molecule has 5 N–H and O–H groups in total. The van der Waals surface area contributed by atoms with Gasteiger partial charge in [0.05, 0.1) is 45.0 Å². The fourth-order valence-corrected chi connectivity index (χ4v) is 5.06. The number of likely N-dealkylation sites (tertiary alicyclic amines) is 1. The summed E-state index contributed by atoms with van der Waals surface area (Å²) in [6.45, 7) is 5.99. The van der Waals surface area contributed by atoms with E-state index in [9.17, 15) is 14.4 Å². The molecule has 0 spiro atoms. The average Bonchev–Trinajstić information content (AvgIpc) is 3.56. The summed E-state index contributed by atoms with van der Waals surface area (Å²) in [5, 5.41) is 37.2. The van der Waals surface area contributed by atoms with Crippen molar-refractivity contribution in [3.8, 4) is 17.0 Å². The van der Waals surface area contributed by atoms with Crippen molar-refractivity contribution in [2.45, 2.75) is 44.5 Å². The van der Waals surface area contributed by atoms with E-state index in [0.29, 0.717) is 39.0 Å². The fourth-order valence-electron chi connectivity index (χ4n) is 5.06. The van der Waals surface area contributed by atoms with Crippen LogP contribution >= 0.6 is 0 Å². The molecule has 0 radical (unpaired) electrons. The Morgan fingerprint density at radius 2 is 1.62 bits per heavy atom. The Hall–Kier alpha value is -4.89. The van der Waals surface area contributed by atoms with Gasteiger partial charge in [0, 0.05) is 29.6 Å². The Balaban J connectivity index is 0.000000341. The normalized spacial score (nSPS) is 15.9. The van der Waals surface area contributed by atoms with Crippen LogP contribution in [0.5, 0.6) is 5.75 Å². The molecule has 0 aliphatic carbocycles. The van der Waals surface area contributed by atoms with E-state index in [4.69, 9.17) is 39.6 Å². The first-order valence-corrected chi connectivity index (χ1v) is 15.5. The lowest BCUT2D eigenvalue weighted by Gasteiger charge is -2.18. The highest BCUT2D eigenvalue weighted by atomic mass is 16.5. The Bertz CT molecular complexity index is 1560. The highest BCUT2D eigenvalue weighted by Gasteiger charge is 2.40. The number of hydrogen-bond acceptors (Lipinski definition) is 11. The van der Waals surface area contributed by atoms with Crippen LogP contribution in [0.4, 0.5) is 11.6 Å². The molecular formula is C34H40N4O10. The largest absolute Gasteiger partial charge is 0.492 e. The molecule has 2 aliphatic heterocycles. The van der Waals surface area contributed by atoms with E-state index in [1.54, 1.807) is 6.20 Å². The van der Waals surface area contributed by atoms with Gasteiger partial charge in [0.25, 0.3) is 0 Å². The SMILES string of the molecule is C1=C/COCc2cc(ccc2OCCN2CCCC2)Nc2nccc(n2)-c2cccc(c2)COC/1.O=C(O)CC(O)(CC(=O)O)C(=O)O. The number of hydrogen-bond donors (Lipinski definition) is 5. The number of nitrogens with zero attached hydrogens (tertiary/aromatic N) is 3. The lowest BCUT2D eigenvalue weighted by atomic mass is 9.96. The Morgan fingerprint density at radius 3 is 2.31 bits per heavy atom. The van der Waals surface area contributed by atoms with Gasteiger partial charge >= 0.3 is 17.9 Å². The van der Waals surface area contributed by atoms with Crippen molar-refractivity contribution in [3.05, 3.63) is 78.0 Å². The zero-order valence-electron chi connectivity index (χ0n) is 26.4. The zero-order valence-corrected chi connectivity index (χ0v) is 26.4. The number of aromatic nitrogens is 2. The van der Waals surface area contributed by atoms with E-state index in [2.05, 4.69) is 39.5 Å². The van der Waals surface area contributed by atoms with Gasteiger partial charge in [-0.2, -0.15) is 0 Å². The second-order valence-electron chi connectivity index (χ2n) is 11.3. The van der Waals surface area contributed by atoms with E-state index < -0.39 is 36.4 Å². The number of carbonyl (C=O) groups is 3. The number of anilines is 2. The Kier molecular flexibility index (Phi) is 13.4. The molecule has 0 atom stereocenters. The third-order valence-corrected chi connectivity index (χ3v) is 7.47. The van der Waals surface area contributed by atoms with Gasteiger partial charge in [-0.25, -0.2) is 14.8 Å². The minimum absolute atomic E-state index is 0.450. The number of nitrogens with one attached hydrogen (secondary N) is 1. The number of aliphatic carboxylic acids is 3. The fraction of sp³-hybridized carbons (Fsp3) is 0.382. The maximum absolute atomic E-state index is 10.3. The number of rotatable bonds is 9. The summed E-state index contributed by atoms with van der Waals surface area (Å²) in [5.41, 5.74) is 2.14. The second kappa shape index (κ2) is 17.9. The minimum Gasteiger partial charge on any atom is -0.492 e. The van der Waals surface area contributed by atoms with E-state index in [1.165, 1.54) is 25.9 Å². The van der Waals surface area contributed by atoms with Crippen LogP contribution in [-0.2, 0) is 37.1 Å². The van der Waals surface area contributed by atoms with Gasteiger partial charge in [0.1, 0.15) is 12.4 Å². The van der Waals surface area contributed by atoms with Gasteiger partial charge in [0.15, 0.2) is 5.60 Å². The molecule has 1 aromatic heterocycles. The zero-order chi connectivity index (χ0) is 34.4. The smallest absolute Gasteiger partial charge is 0.336 e. The summed E-state index contributed by atoms with van der Waals surface area (Å²) in [4.78, 5) is 42.1. The molecule has 1 fully saturated rings. The van der Waals surface area contributed by atoms with Crippen LogP contribution in [0.2, 0.25) is 0 Å². The molecule has 14 nitrogen and oxygen atoms in total. The molecule has 48 heavy (non-hydrogen) atoms. The monoisotopic (exact) mass is 664 g/mol. The van der Waals surface area contributed by atoms with Gasteiger partial charge in [-0.15, -0.1) is 0 Å². The molecule has 3 heterocycles. The molecular weight excluding hydrogens is 624 g/mol. The summed E-state index contributed by atoms with van der Waals surface area (Å²) in [7, 11) is 0. The van der Waals surface area contributed by atoms with Crippen LogP contribution in [0.25, 0.3) is 11.3 Å². The topological polar surface area (TPSA) is 201 Å². The maximum atomic E-state index is 10.3. The molecule has 5 rings (SSSR count). The molecule has 6 bridgehead atoms. The van der Waals surface area contributed by atoms with Gasteiger partial charge in [0.2, 0.25) is 5.95 Å². The standard InChI is InChI=1S/C28H32N4O3.C6H8O7/c1-2-13-32(12-1)14-17-35-27-9-8-25-19-24(27)21-34-16-4-3-15-33-20-22-6-5-7-23(18-22)26-10-11-29-28(30-25)31-26;7-3(8)1-6(13,5(11)12)2-4(9)10/h3-11,18-19H,1-2,12-17,20-21H2,(H,29,30,31);13H,1-2H2,(H,7,8)(H,9,10)(H,11,12)/b4-3+;. The van der Waals surface area contributed by atoms with Gasteiger partial charge in [-0.1, -0.05) is 30.4 Å². The summed E-state index contributed by atoms with van der Waals surface area (Å²) in [6, 6.07) is 16.2. The van der Waals surface area contributed by atoms with Crippen LogP contribution in [0.15, 0.2) is 66.9 Å². The predicted molar refractivity (Wildman–Crippen MR) is 174 cm³/mol. The first-order chi connectivity index (χ1) is 23.1.